The minimum Gasteiger partial charge on any atom is -0.392 e. The van der Waals surface area contributed by atoms with Gasteiger partial charge in [-0.1, -0.05) is 18.6 Å². The van der Waals surface area contributed by atoms with Crippen LogP contribution in [-0.2, 0) is 0 Å². The third-order valence-electron chi connectivity index (χ3n) is 3.28. The number of aliphatic hydroxyl groups is 1. The van der Waals surface area contributed by atoms with Crippen molar-refractivity contribution in [3.8, 4) is 0 Å². The molecule has 62 valence electrons. The van der Waals surface area contributed by atoms with E-state index < -0.39 is 0 Å². The van der Waals surface area contributed by atoms with Gasteiger partial charge in [0.1, 0.15) is 0 Å². The van der Waals surface area contributed by atoms with Gasteiger partial charge in [0.25, 0.3) is 0 Å². The van der Waals surface area contributed by atoms with Crippen molar-refractivity contribution >= 4 is 0 Å². The Hall–Kier alpha value is -0.300. The molecule has 2 rings (SSSR count). The van der Waals surface area contributed by atoms with Gasteiger partial charge in [-0.25, -0.2) is 0 Å². The highest BCUT2D eigenvalue weighted by Gasteiger charge is 2.37. The molecular weight excluding hydrogens is 136 g/mol. The van der Waals surface area contributed by atoms with Crippen molar-refractivity contribution in [3.63, 3.8) is 0 Å². The predicted octanol–water partition coefficient (Wildman–Crippen LogP) is 1.97. The van der Waals surface area contributed by atoms with Gasteiger partial charge in [0, 0.05) is 0 Å². The summed E-state index contributed by atoms with van der Waals surface area (Å²) in [6.07, 6.45) is 9.88. The topological polar surface area (TPSA) is 20.2 Å². The van der Waals surface area contributed by atoms with Crippen molar-refractivity contribution in [3.05, 3.63) is 12.2 Å². The SMILES string of the molecule is OC/C=C/C1CC2CCC1C2. The molecule has 0 amide bonds. The number of hydrogen-bond acceptors (Lipinski definition) is 1. The van der Waals surface area contributed by atoms with Crippen LogP contribution in [-0.4, -0.2) is 11.7 Å². The quantitative estimate of drug-likeness (QED) is 0.600. The van der Waals surface area contributed by atoms with Gasteiger partial charge < -0.3 is 5.11 Å². The van der Waals surface area contributed by atoms with E-state index in [1.165, 1.54) is 25.7 Å². The van der Waals surface area contributed by atoms with Crippen molar-refractivity contribution in [2.24, 2.45) is 17.8 Å². The molecule has 0 aromatic rings. The van der Waals surface area contributed by atoms with E-state index in [4.69, 9.17) is 5.11 Å². The first kappa shape index (κ1) is 7.35. The van der Waals surface area contributed by atoms with Crippen LogP contribution in [0.5, 0.6) is 0 Å². The molecule has 2 fully saturated rings. The lowest BCUT2D eigenvalue weighted by atomic mass is 9.89. The fraction of sp³-hybridized carbons (Fsp3) is 0.800. The van der Waals surface area contributed by atoms with Gasteiger partial charge in [0.05, 0.1) is 6.61 Å². The Kier molecular flexibility index (Phi) is 1.99. The molecule has 0 heterocycles. The average Bonchev–Trinajstić information content (AvgIpc) is 2.60. The van der Waals surface area contributed by atoms with Crippen LogP contribution < -0.4 is 0 Å². The highest BCUT2D eigenvalue weighted by atomic mass is 16.2. The van der Waals surface area contributed by atoms with E-state index in [1.807, 2.05) is 6.08 Å². The zero-order chi connectivity index (χ0) is 7.68. The molecule has 0 saturated heterocycles. The first-order valence-electron chi connectivity index (χ1n) is 4.67. The summed E-state index contributed by atoms with van der Waals surface area (Å²) in [5.41, 5.74) is 0. The summed E-state index contributed by atoms with van der Waals surface area (Å²) in [6, 6.07) is 0. The maximum atomic E-state index is 8.61. The van der Waals surface area contributed by atoms with E-state index in [9.17, 15) is 0 Å². The molecule has 0 radical (unpaired) electrons. The van der Waals surface area contributed by atoms with Crippen LogP contribution >= 0.6 is 0 Å². The molecule has 1 heteroatoms. The van der Waals surface area contributed by atoms with Crippen molar-refractivity contribution < 1.29 is 5.11 Å². The van der Waals surface area contributed by atoms with Crippen molar-refractivity contribution in [1.29, 1.82) is 0 Å². The van der Waals surface area contributed by atoms with E-state index in [0.717, 1.165) is 17.8 Å². The largest absolute Gasteiger partial charge is 0.392 e. The Morgan fingerprint density at radius 1 is 1.27 bits per heavy atom. The summed E-state index contributed by atoms with van der Waals surface area (Å²) in [7, 11) is 0. The minimum absolute atomic E-state index is 0.216. The summed E-state index contributed by atoms with van der Waals surface area (Å²) in [5.74, 6) is 2.79. The van der Waals surface area contributed by atoms with Crippen LogP contribution in [0, 0.1) is 17.8 Å². The van der Waals surface area contributed by atoms with Gasteiger partial charge >= 0.3 is 0 Å². The molecule has 2 aliphatic rings. The van der Waals surface area contributed by atoms with Gasteiger partial charge in [0.2, 0.25) is 0 Å². The predicted molar refractivity (Wildman–Crippen MR) is 45.2 cm³/mol. The summed E-state index contributed by atoms with van der Waals surface area (Å²) in [4.78, 5) is 0. The Morgan fingerprint density at radius 3 is 2.73 bits per heavy atom. The summed E-state index contributed by atoms with van der Waals surface area (Å²) >= 11 is 0. The average molecular weight is 152 g/mol. The van der Waals surface area contributed by atoms with E-state index in [2.05, 4.69) is 6.08 Å². The zero-order valence-corrected chi connectivity index (χ0v) is 6.87. The summed E-state index contributed by atoms with van der Waals surface area (Å²) in [6.45, 7) is 0.216. The molecule has 2 saturated carbocycles. The van der Waals surface area contributed by atoms with Crippen LogP contribution in [0.25, 0.3) is 0 Å². The first-order chi connectivity index (χ1) is 5.40. The lowest BCUT2D eigenvalue weighted by Crippen LogP contribution is -2.07. The van der Waals surface area contributed by atoms with Crippen LogP contribution in [0.15, 0.2) is 12.2 Å². The Morgan fingerprint density at radius 2 is 2.18 bits per heavy atom. The molecule has 3 atom stereocenters. The van der Waals surface area contributed by atoms with Gasteiger partial charge in [-0.05, 0) is 37.0 Å². The second kappa shape index (κ2) is 2.98. The molecule has 3 unspecified atom stereocenters. The highest BCUT2D eigenvalue weighted by molar-refractivity contribution is 5.00. The number of allylic oxidation sites excluding steroid dienone is 1. The Bertz CT molecular complexity index is 162. The molecule has 0 spiro atoms. The molecule has 1 N–H and O–H groups in total. The lowest BCUT2D eigenvalue weighted by molar-refractivity contribution is 0.338. The normalized spacial score (nSPS) is 42.5. The molecule has 2 bridgehead atoms. The molecule has 0 aliphatic heterocycles. The lowest BCUT2D eigenvalue weighted by Gasteiger charge is -2.17. The fourth-order valence-corrected chi connectivity index (χ4v) is 2.77. The third-order valence-corrected chi connectivity index (χ3v) is 3.28. The molecule has 11 heavy (non-hydrogen) atoms. The van der Waals surface area contributed by atoms with Crippen LogP contribution in [0.3, 0.4) is 0 Å². The monoisotopic (exact) mass is 152 g/mol. The minimum atomic E-state index is 0.216. The number of fused-ring (bicyclic) bond motifs is 2. The van der Waals surface area contributed by atoms with Gasteiger partial charge in [0.15, 0.2) is 0 Å². The zero-order valence-electron chi connectivity index (χ0n) is 6.87. The number of aliphatic hydroxyl groups excluding tert-OH is 1. The second-order valence-corrected chi connectivity index (χ2v) is 3.95. The van der Waals surface area contributed by atoms with Crippen LogP contribution in [0.1, 0.15) is 25.7 Å². The fourth-order valence-electron chi connectivity index (χ4n) is 2.77. The highest BCUT2D eigenvalue weighted by Crippen LogP contribution is 2.48. The Labute approximate surface area is 68.1 Å². The smallest absolute Gasteiger partial charge is 0.0612 e. The maximum absolute atomic E-state index is 8.61. The standard InChI is InChI=1S/C10H16O/c11-5-1-2-9-6-8-3-4-10(9)7-8/h1-2,8-11H,3-7H2/b2-1+. The second-order valence-electron chi connectivity index (χ2n) is 3.95. The van der Waals surface area contributed by atoms with Gasteiger partial charge in [-0.15, -0.1) is 0 Å². The van der Waals surface area contributed by atoms with Crippen molar-refractivity contribution in [1.82, 2.24) is 0 Å². The first-order valence-corrected chi connectivity index (χ1v) is 4.67. The van der Waals surface area contributed by atoms with Crippen molar-refractivity contribution in [2.75, 3.05) is 6.61 Å². The summed E-state index contributed by atoms with van der Waals surface area (Å²) < 4.78 is 0. The van der Waals surface area contributed by atoms with E-state index in [-0.39, 0.29) is 6.61 Å². The third kappa shape index (κ3) is 1.34. The molecule has 0 aromatic carbocycles. The Balaban J connectivity index is 1.92. The van der Waals surface area contributed by atoms with E-state index in [0.29, 0.717) is 0 Å². The molecule has 1 nitrogen and oxygen atoms in total. The maximum Gasteiger partial charge on any atom is 0.0612 e. The van der Waals surface area contributed by atoms with Gasteiger partial charge in [-0.3, -0.25) is 0 Å². The summed E-state index contributed by atoms with van der Waals surface area (Å²) in [5, 5.41) is 8.61. The molecule has 2 aliphatic carbocycles. The van der Waals surface area contributed by atoms with Crippen LogP contribution in [0.4, 0.5) is 0 Å². The van der Waals surface area contributed by atoms with Crippen LogP contribution in [0.2, 0.25) is 0 Å². The molecular formula is C10H16O. The van der Waals surface area contributed by atoms with Crippen molar-refractivity contribution in [2.45, 2.75) is 25.7 Å². The van der Waals surface area contributed by atoms with E-state index >= 15 is 0 Å². The molecule has 0 aromatic heterocycles. The number of hydrogen-bond donors (Lipinski definition) is 1. The van der Waals surface area contributed by atoms with E-state index in [1.54, 1.807) is 0 Å². The van der Waals surface area contributed by atoms with Gasteiger partial charge in [-0.2, -0.15) is 0 Å². The number of rotatable bonds is 2.